The zero-order valence-corrected chi connectivity index (χ0v) is 14.6. The summed E-state index contributed by atoms with van der Waals surface area (Å²) in [5.74, 6) is 1.53. The molecule has 3 nitrogen and oxygen atoms in total. The highest BCUT2D eigenvalue weighted by Gasteiger charge is 2.23. The average molecular weight is 342 g/mol. The molecule has 23 heavy (non-hydrogen) atoms. The minimum Gasteiger partial charge on any atom is -0.301 e. The van der Waals surface area contributed by atoms with Crippen LogP contribution in [0.2, 0.25) is 0 Å². The summed E-state index contributed by atoms with van der Waals surface area (Å²) in [6.07, 6.45) is 3.27. The minimum absolute atomic E-state index is 0.0256. The van der Waals surface area contributed by atoms with Crippen molar-refractivity contribution in [2.45, 2.75) is 37.1 Å². The molecule has 0 spiro atoms. The number of nitrogens with one attached hydrogen (secondary N) is 1. The van der Waals surface area contributed by atoms with Crippen molar-refractivity contribution in [1.82, 2.24) is 9.97 Å². The zero-order chi connectivity index (χ0) is 15.8. The van der Waals surface area contributed by atoms with Crippen LogP contribution in [0.3, 0.4) is 0 Å². The van der Waals surface area contributed by atoms with E-state index in [1.54, 1.807) is 23.1 Å². The highest BCUT2D eigenvalue weighted by molar-refractivity contribution is 7.98. The number of hydrogen-bond donors (Lipinski definition) is 1. The summed E-state index contributed by atoms with van der Waals surface area (Å²) in [5, 5.41) is 1.55. The lowest BCUT2D eigenvalue weighted by Crippen LogP contribution is -2.13. The number of hydrogen-bond acceptors (Lipinski definition) is 4. The summed E-state index contributed by atoms with van der Waals surface area (Å²) in [4.78, 5) is 22.5. The van der Waals surface area contributed by atoms with E-state index in [1.165, 1.54) is 22.4 Å². The second-order valence-electron chi connectivity index (χ2n) is 6.18. The Balaban J connectivity index is 1.66. The third-order valence-corrected chi connectivity index (χ3v) is 6.45. The molecule has 0 fully saturated rings. The monoisotopic (exact) mass is 342 g/mol. The molecule has 1 aliphatic carbocycles. The zero-order valence-electron chi connectivity index (χ0n) is 13.0. The number of nitrogens with zero attached hydrogens (tertiary/aromatic N) is 1. The molecule has 1 aromatic carbocycles. The molecule has 0 unspecified atom stereocenters. The molecule has 0 bridgehead atoms. The normalized spacial score (nSPS) is 17.3. The van der Waals surface area contributed by atoms with Crippen LogP contribution in [0, 0.1) is 5.92 Å². The number of aromatic amines is 1. The summed E-state index contributed by atoms with van der Waals surface area (Å²) in [6.45, 7) is 2.28. The Hall–Kier alpha value is -1.59. The average Bonchev–Trinajstić information content (AvgIpc) is 2.91. The van der Waals surface area contributed by atoms with E-state index in [1.807, 2.05) is 18.2 Å². The maximum atomic E-state index is 12.5. The highest BCUT2D eigenvalue weighted by atomic mass is 32.2. The van der Waals surface area contributed by atoms with Gasteiger partial charge in [-0.05, 0) is 36.3 Å². The summed E-state index contributed by atoms with van der Waals surface area (Å²) in [6, 6.07) is 10.3. The second-order valence-corrected chi connectivity index (χ2v) is 8.22. The van der Waals surface area contributed by atoms with Gasteiger partial charge in [-0.3, -0.25) is 4.79 Å². The van der Waals surface area contributed by atoms with Gasteiger partial charge >= 0.3 is 0 Å². The molecule has 5 heteroatoms. The fourth-order valence-electron chi connectivity index (χ4n) is 3.12. The van der Waals surface area contributed by atoms with Gasteiger partial charge in [-0.2, -0.15) is 0 Å². The summed E-state index contributed by atoms with van der Waals surface area (Å²) < 4.78 is 0. The van der Waals surface area contributed by atoms with Crippen LogP contribution >= 0.6 is 23.1 Å². The van der Waals surface area contributed by atoms with Gasteiger partial charge in [0.25, 0.3) is 5.56 Å². The van der Waals surface area contributed by atoms with Crippen molar-refractivity contribution in [2.75, 3.05) is 0 Å². The molecular formula is C18H18N2OS2. The van der Waals surface area contributed by atoms with E-state index < -0.39 is 0 Å². The van der Waals surface area contributed by atoms with Crippen molar-refractivity contribution in [3.63, 3.8) is 0 Å². The number of thioether (sulfide) groups is 1. The van der Waals surface area contributed by atoms with Gasteiger partial charge < -0.3 is 4.98 Å². The number of aryl methyl sites for hydroxylation is 1. The molecule has 0 saturated carbocycles. The van der Waals surface area contributed by atoms with Gasteiger partial charge in [0.15, 0.2) is 5.16 Å². The van der Waals surface area contributed by atoms with Gasteiger partial charge in [-0.25, -0.2) is 4.98 Å². The van der Waals surface area contributed by atoms with Crippen LogP contribution in [-0.4, -0.2) is 9.97 Å². The SMILES string of the molecule is C[C@H]1CCc2c(sc3nc(SCc4ccccc4)[nH]c(=O)c23)C1. The Morgan fingerprint density at radius 3 is 3.00 bits per heavy atom. The van der Waals surface area contributed by atoms with E-state index in [-0.39, 0.29) is 5.56 Å². The van der Waals surface area contributed by atoms with Gasteiger partial charge in [0.2, 0.25) is 0 Å². The minimum atomic E-state index is 0.0256. The molecule has 4 rings (SSSR count). The van der Waals surface area contributed by atoms with E-state index in [0.29, 0.717) is 5.92 Å². The maximum Gasteiger partial charge on any atom is 0.260 e. The smallest absolute Gasteiger partial charge is 0.260 e. The number of benzene rings is 1. The lowest BCUT2D eigenvalue weighted by atomic mass is 9.89. The molecule has 2 heterocycles. The van der Waals surface area contributed by atoms with Crippen molar-refractivity contribution >= 4 is 33.3 Å². The number of rotatable bonds is 3. The number of aromatic nitrogens is 2. The van der Waals surface area contributed by atoms with Gasteiger partial charge in [0, 0.05) is 10.6 Å². The predicted molar refractivity (Wildman–Crippen MR) is 97.4 cm³/mol. The fourth-order valence-corrected chi connectivity index (χ4v) is 5.38. The van der Waals surface area contributed by atoms with Gasteiger partial charge in [-0.1, -0.05) is 49.0 Å². The number of thiophene rings is 1. The van der Waals surface area contributed by atoms with Crippen LogP contribution in [0.1, 0.15) is 29.3 Å². The van der Waals surface area contributed by atoms with Crippen molar-refractivity contribution in [3.8, 4) is 0 Å². The van der Waals surface area contributed by atoms with Gasteiger partial charge in [0.1, 0.15) is 4.83 Å². The van der Waals surface area contributed by atoms with Gasteiger partial charge in [-0.15, -0.1) is 11.3 Å². The summed E-state index contributed by atoms with van der Waals surface area (Å²) in [7, 11) is 0. The number of H-pyrrole nitrogens is 1. The standard InChI is InChI=1S/C18H18N2OS2/c1-11-7-8-13-14(9-11)23-17-15(13)16(21)19-18(20-17)22-10-12-5-3-2-4-6-12/h2-6,11H,7-10H2,1H3,(H,19,20,21)/t11-/m0/s1. The van der Waals surface area contributed by atoms with E-state index >= 15 is 0 Å². The van der Waals surface area contributed by atoms with Crippen LogP contribution in [0.5, 0.6) is 0 Å². The molecule has 0 amide bonds. The van der Waals surface area contributed by atoms with Crippen LogP contribution < -0.4 is 5.56 Å². The Morgan fingerprint density at radius 1 is 1.35 bits per heavy atom. The Morgan fingerprint density at radius 2 is 2.17 bits per heavy atom. The summed E-state index contributed by atoms with van der Waals surface area (Å²) in [5.41, 5.74) is 2.51. The Bertz CT molecular complexity index is 899. The highest BCUT2D eigenvalue weighted by Crippen LogP contribution is 2.36. The quantitative estimate of drug-likeness (QED) is 0.567. The third-order valence-electron chi connectivity index (χ3n) is 4.36. The molecule has 0 saturated heterocycles. The summed E-state index contributed by atoms with van der Waals surface area (Å²) >= 11 is 3.30. The molecule has 0 radical (unpaired) electrons. The molecule has 1 atom stereocenters. The molecular weight excluding hydrogens is 324 g/mol. The largest absolute Gasteiger partial charge is 0.301 e. The third kappa shape index (κ3) is 2.95. The maximum absolute atomic E-state index is 12.5. The fraction of sp³-hybridized carbons (Fsp3) is 0.333. The van der Waals surface area contributed by atoms with Crippen molar-refractivity contribution in [2.24, 2.45) is 5.92 Å². The second kappa shape index (κ2) is 6.13. The van der Waals surface area contributed by atoms with Crippen molar-refractivity contribution in [3.05, 3.63) is 56.7 Å². The molecule has 3 aromatic rings. The van der Waals surface area contributed by atoms with Crippen molar-refractivity contribution in [1.29, 1.82) is 0 Å². The van der Waals surface area contributed by atoms with E-state index in [4.69, 9.17) is 4.98 Å². The van der Waals surface area contributed by atoms with E-state index in [0.717, 1.165) is 34.0 Å². The first-order valence-corrected chi connectivity index (χ1v) is 9.72. The van der Waals surface area contributed by atoms with Crippen LogP contribution in [0.25, 0.3) is 10.2 Å². The van der Waals surface area contributed by atoms with Gasteiger partial charge in [0.05, 0.1) is 5.39 Å². The van der Waals surface area contributed by atoms with Crippen LogP contribution in [-0.2, 0) is 18.6 Å². The van der Waals surface area contributed by atoms with E-state index in [2.05, 4.69) is 24.0 Å². The lowest BCUT2D eigenvalue weighted by molar-refractivity contribution is 0.509. The van der Waals surface area contributed by atoms with Crippen LogP contribution in [0.15, 0.2) is 40.3 Å². The molecule has 118 valence electrons. The first-order valence-electron chi connectivity index (χ1n) is 7.92. The molecule has 2 aromatic heterocycles. The van der Waals surface area contributed by atoms with Crippen molar-refractivity contribution < 1.29 is 0 Å². The molecule has 1 N–H and O–H groups in total. The number of fused-ring (bicyclic) bond motifs is 3. The molecule has 0 aliphatic heterocycles. The molecule has 1 aliphatic rings. The topological polar surface area (TPSA) is 45.8 Å². The Labute approximate surface area is 143 Å². The lowest BCUT2D eigenvalue weighted by Gasteiger charge is -2.17. The predicted octanol–water partition coefficient (Wildman–Crippen LogP) is 4.40. The first-order chi connectivity index (χ1) is 11.2. The van der Waals surface area contributed by atoms with E-state index in [9.17, 15) is 4.79 Å². The van der Waals surface area contributed by atoms with Crippen LogP contribution in [0.4, 0.5) is 0 Å². The first kappa shape index (κ1) is 15.0. The Kier molecular flexibility index (Phi) is 3.99.